The van der Waals surface area contributed by atoms with Crippen molar-refractivity contribution < 1.29 is 4.39 Å². The molecule has 27 heavy (non-hydrogen) atoms. The summed E-state index contributed by atoms with van der Waals surface area (Å²) < 4.78 is 15.5. The first kappa shape index (κ1) is 17.5. The number of halogens is 1. The van der Waals surface area contributed by atoms with Gasteiger partial charge in [-0.3, -0.25) is 14.5 Å². The number of H-pyrrole nitrogens is 1. The normalized spacial score (nSPS) is 11.2. The van der Waals surface area contributed by atoms with Crippen molar-refractivity contribution in [3.63, 3.8) is 0 Å². The number of rotatable bonds is 4. The molecule has 4 rings (SSSR count). The van der Waals surface area contributed by atoms with E-state index in [4.69, 9.17) is 0 Å². The molecule has 0 fully saturated rings. The fraction of sp³-hybridized carbons (Fsp3) is 0.150. The van der Waals surface area contributed by atoms with Gasteiger partial charge in [0.25, 0.3) is 5.56 Å². The Morgan fingerprint density at radius 2 is 1.96 bits per heavy atom. The number of hydrogen-bond donors (Lipinski definition) is 1. The molecule has 136 valence electrons. The summed E-state index contributed by atoms with van der Waals surface area (Å²) in [7, 11) is 0. The van der Waals surface area contributed by atoms with E-state index < -0.39 is 0 Å². The van der Waals surface area contributed by atoms with Crippen molar-refractivity contribution in [2.24, 2.45) is 0 Å². The Morgan fingerprint density at radius 3 is 2.74 bits per heavy atom. The van der Waals surface area contributed by atoms with Crippen LogP contribution in [0.3, 0.4) is 0 Å². The summed E-state index contributed by atoms with van der Waals surface area (Å²) in [5.41, 5.74) is 3.74. The zero-order valence-corrected chi connectivity index (χ0v) is 15.7. The first-order valence-electron chi connectivity index (χ1n) is 8.44. The number of fused-ring (bicyclic) bond motifs is 1. The molecule has 0 amide bonds. The van der Waals surface area contributed by atoms with Crippen LogP contribution in [-0.4, -0.2) is 19.7 Å². The summed E-state index contributed by atoms with van der Waals surface area (Å²) in [6.07, 6.45) is 1.48. The largest absolute Gasteiger partial charge is 0.269 e. The third kappa shape index (κ3) is 3.26. The number of nitrogens with zero attached hydrogens (tertiary/aromatic N) is 3. The van der Waals surface area contributed by atoms with Crippen LogP contribution in [-0.2, 0) is 5.75 Å². The average Bonchev–Trinajstić information content (AvgIpc) is 3.13. The van der Waals surface area contributed by atoms with Gasteiger partial charge in [0.15, 0.2) is 10.8 Å². The predicted octanol–water partition coefficient (Wildman–Crippen LogP) is 4.16. The molecule has 1 N–H and O–H groups in total. The van der Waals surface area contributed by atoms with Crippen LogP contribution >= 0.6 is 11.8 Å². The van der Waals surface area contributed by atoms with E-state index >= 15 is 0 Å². The molecule has 0 radical (unpaired) electrons. The minimum Gasteiger partial charge on any atom is -0.268 e. The van der Waals surface area contributed by atoms with E-state index in [0.717, 1.165) is 16.8 Å². The standard InChI is InChI=1S/C20H17FN4OS/c1-12-7-8-15(9-13(12)2)25-19(26)16-10-22-24-18(16)23-20(25)27-11-14-5-3-4-6-17(14)21/h3-10H,11H2,1-2H3,(H,22,24). The van der Waals surface area contributed by atoms with Crippen LogP contribution in [0.15, 0.2) is 58.6 Å². The van der Waals surface area contributed by atoms with Gasteiger partial charge in [-0.2, -0.15) is 5.10 Å². The van der Waals surface area contributed by atoms with E-state index in [9.17, 15) is 9.18 Å². The summed E-state index contributed by atoms with van der Waals surface area (Å²) in [5, 5.41) is 7.59. The molecule has 2 aromatic carbocycles. The monoisotopic (exact) mass is 380 g/mol. The van der Waals surface area contributed by atoms with Gasteiger partial charge >= 0.3 is 0 Å². The van der Waals surface area contributed by atoms with Crippen LogP contribution in [0, 0.1) is 19.7 Å². The summed E-state index contributed by atoms with van der Waals surface area (Å²) in [5.74, 6) is 0.0940. The first-order valence-corrected chi connectivity index (χ1v) is 9.43. The van der Waals surface area contributed by atoms with Gasteiger partial charge in [0, 0.05) is 5.75 Å². The highest BCUT2D eigenvalue weighted by Crippen LogP contribution is 2.25. The fourth-order valence-electron chi connectivity index (χ4n) is 2.82. The highest BCUT2D eigenvalue weighted by Gasteiger charge is 2.16. The van der Waals surface area contributed by atoms with E-state index in [1.54, 1.807) is 22.8 Å². The van der Waals surface area contributed by atoms with Gasteiger partial charge in [-0.1, -0.05) is 36.0 Å². The van der Waals surface area contributed by atoms with Gasteiger partial charge in [0.2, 0.25) is 0 Å². The van der Waals surface area contributed by atoms with Crippen molar-refractivity contribution in [1.82, 2.24) is 19.7 Å². The quantitative estimate of drug-likeness (QED) is 0.427. The zero-order chi connectivity index (χ0) is 19.0. The molecule has 4 aromatic rings. The molecule has 0 aliphatic heterocycles. The number of aryl methyl sites for hydroxylation is 2. The van der Waals surface area contributed by atoms with Crippen LogP contribution in [0.5, 0.6) is 0 Å². The molecule has 5 nitrogen and oxygen atoms in total. The minimum atomic E-state index is -0.271. The topological polar surface area (TPSA) is 63.6 Å². The molecule has 0 unspecified atom stereocenters. The number of nitrogens with one attached hydrogen (secondary N) is 1. The molecule has 0 bridgehead atoms. The molecule has 0 saturated heterocycles. The smallest absolute Gasteiger partial charge is 0.268 e. The van der Waals surface area contributed by atoms with Gasteiger partial charge in [-0.15, -0.1) is 0 Å². The second-order valence-corrected chi connectivity index (χ2v) is 7.26. The summed E-state index contributed by atoms with van der Waals surface area (Å²) in [6, 6.07) is 12.4. The number of aromatic amines is 1. The number of aromatic nitrogens is 4. The molecule has 0 aliphatic rings. The Labute approximate surface area is 159 Å². The lowest BCUT2D eigenvalue weighted by Crippen LogP contribution is -2.21. The lowest BCUT2D eigenvalue weighted by molar-refractivity contribution is 0.617. The zero-order valence-electron chi connectivity index (χ0n) is 14.9. The molecule has 2 aromatic heterocycles. The number of hydrogen-bond acceptors (Lipinski definition) is 4. The number of benzene rings is 2. The average molecular weight is 380 g/mol. The van der Waals surface area contributed by atoms with Crippen molar-refractivity contribution in [2.75, 3.05) is 0 Å². The van der Waals surface area contributed by atoms with E-state index in [2.05, 4.69) is 15.2 Å². The second kappa shape index (κ2) is 7.00. The van der Waals surface area contributed by atoms with Crippen LogP contribution in [0.1, 0.15) is 16.7 Å². The molecule has 2 heterocycles. The number of thioether (sulfide) groups is 1. The third-order valence-electron chi connectivity index (χ3n) is 4.51. The summed E-state index contributed by atoms with van der Waals surface area (Å²) >= 11 is 1.32. The van der Waals surface area contributed by atoms with Gasteiger partial charge in [0.05, 0.1) is 11.9 Å². The van der Waals surface area contributed by atoms with Crippen molar-refractivity contribution in [2.45, 2.75) is 24.8 Å². The Bertz CT molecular complexity index is 1200. The van der Waals surface area contributed by atoms with E-state index in [1.807, 2.05) is 32.0 Å². The highest BCUT2D eigenvalue weighted by molar-refractivity contribution is 7.98. The van der Waals surface area contributed by atoms with Gasteiger partial charge in [0.1, 0.15) is 11.2 Å². The Balaban J connectivity index is 1.84. The van der Waals surface area contributed by atoms with Crippen molar-refractivity contribution in [3.8, 4) is 5.69 Å². The molecule has 0 saturated carbocycles. The minimum absolute atomic E-state index is 0.201. The van der Waals surface area contributed by atoms with Crippen LogP contribution in [0.25, 0.3) is 16.7 Å². The van der Waals surface area contributed by atoms with Crippen molar-refractivity contribution in [3.05, 3.63) is 81.5 Å². The van der Waals surface area contributed by atoms with Crippen molar-refractivity contribution in [1.29, 1.82) is 0 Å². The van der Waals surface area contributed by atoms with E-state index in [1.165, 1.54) is 24.0 Å². The van der Waals surface area contributed by atoms with Crippen LogP contribution in [0.2, 0.25) is 0 Å². The molecular formula is C20H17FN4OS. The maximum atomic E-state index is 14.0. The maximum Gasteiger partial charge on any atom is 0.269 e. The van der Waals surface area contributed by atoms with Crippen LogP contribution < -0.4 is 5.56 Å². The molecule has 0 aliphatic carbocycles. The lowest BCUT2D eigenvalue weighted by Gasteiger charge is -2.13. The van der Waals surface area contributed by atoms with E-state index in [-0.39, 0.29) is 11.4 Å². The molecule has 7 heteroatoms. The van der Waals surface area contributed by atoms with Gasteiger partial charge < -0.3 is 0 Å². The second-order valence-electron chi connectivity index (χ2n) is 6.32. The Morgan fingerprint density at radius 1 is 1.15 bits per heavy atom. The third-order valence-corrected chi connectivity index (χ3v) is 5.50. The highest BCUT2D eigenvalue weighted by atomic mass is 32.2. The van der Waals surface area contributed by atoms with Gasteiger partial charge in [-0.25, -0.2) is 9.37 Å². The fourth-order valence-corrected chi connectivity index (χ4v) is 3.81. The first-order chi connectivity index (χ1) is 13.0. The molecule has 0 spiro atoms. The maximum absolute atomic E-state index is 14.0. The Kier molecular flexibility index (Phi) is 4.53. The summed E-state index contributed by atoms with van der Waals surface area (Å²) in [4.78, 5) is 17.6. The SMILES string of the molecule is Cc1ccc(-n2c(SCc3ccccc3F)nc3[nH]ncc3c2=O)cc1C. The predicted molar refractivity (Wildman–Crippen MR) is 105 cm³/mol. The van der Waals surface area contributed by atoms with Gasteiger partial charge in [-0.05, 0) is 48.7 Å². The summed E-state index contributed by atoms with van der Waals surface area (Å²) in [6.45, 7) is 4.02. The lowest BCUT2D eigenvalue weighted by atomic mass is 10.1. The molecular weight excluding hydrogens is 363 g/mol. The van der Waals surface area contributed by atoms with E-state index in [0.29, 0.717) is 27.5 Å². The van der Waals surface area contributed by atoms with Crippen molar-refractivity contribution >= 4 is 22.8 Å². The Hall–Kier alpha value is -2.93. The molecule has 0 atom stereocenters. The van der Waals surface area contributed by atoms with Crippen LogP contribution in [0.4, 0.5) is 4.39 Å².